The zero-order valence-electron chi connectivity index (χ0n) is 19.2. The number of carbonyl (C=O) groups excluding carboxylic acids is 1. The van der Waals surface area contributed by atoms with Crippen molar-refractivity contribution in [3.05, 3.63) is 72.3 Å². The standard InChI is InChI=1S/C26H31NO4PS/c1-3-30-25(28)26(31-4-2,18-10-13-21-11-6-5-7-12-21)19-32(29)20-33-24-17-16-22-14-8-9-15-23(22)27-24/h5-9,11-12,14-17H,3-4,10,13,18-20H2,1-2H3/q+1. The van der Waals surface area contributed by atoms with Crippen LogP contribution in [0.5, 0.6) is 0 Å². The Hall–Kier alpha value is -2.27. The second-order valence-corrected chi connectivity index (χ2v) is 10.8. The fraction of sp³-hybridized carbons (Fsp3) is 0.385. The molecule has 2 unspecified atom stereocenters. The Morgan fingerprint density at radius 1 is 1.00 bits per heavy atom. The number of hydrogen-bond acceptors (Lipinski definition) is 6. The van der Waals surface area contributed by atoms with Crippen LogP contribution in [0.4, 0.5) is 0 Å². The van der Waals surface area contributed by atoms with E-state index in [0.717, 1.165) is 28.8 Å². The lowest BCUT2D eigenvalue weighted by Crippen LogP contribution is -2.46. The van der Waals surface area contributed by atoms with Crippen molar-refractivity contribution in [2.75, 3.05) is 24.9 Å². The van der Waals surface area contributed by atoms with Crippen molar-refractivity contribution in [1.29, 1.82) is 0 Å². The third-order valence-electron chi connectivity index (χ3n) is 5.32. The lowest BCUT2D eigenvalue weighted by molar-refractivity contribution is -0.170. The van der Waals surface area contributed by atoms with Gasteiger partial charge >= 0.3 is 13.8 Å². The van der Waals surface area contributed by atoms with Gasteiger partial charge in [0, 0.05) is 12.0 Å². The highest BCUT2D eigenvalue weighted by molar-refractivity contribution is 8.03. The summed E-state index contributed by atoms with van der Waals surface area (Å²) in [7, 11) is -1.71. The lowest BCUT2D eigenvalue weighted by Gasteiger charge is -2.27. The molecular weight excluding hydrogens is 453 g/mol. The fourth-order valence-electron chi connectivity index (χ4n) is 3.78. The summed E-state index contributed by atoms with van der Waals surface area (Å²) < 4.78 is 24.5. The van der Waals surface area contributed by atoms with E-state index in [9.17, 15) is 9.36 Å². The Balaban J connectivity index is 1.67. The van der Waals surface area contributed by atoms with Gasteiger partial charge in [-0.1, -0.05) is 70.9 Å². The molecule has 1 heterocycles. The summed E-state index contributed by atoms with van der Waals surface area (Å²) in [6.45, 7) is 4.25. The number of aromatic nitrogens is 1. The number of rotatable bonds is 13. The van der Waals surface area contributed by atoms with E-state index in [1.165, 1.54) is 17.3 Å². The molecule has 3 aromatic rings. The van der Waals surface area contributed by atoms with Crippen molar-refractivity contribution in [3.8, 4) is 0 Å². The van der Waals surface area contributed by atoms with Crippen LogP contribution in [0.1, 0.15) is 32.3 Å². The first kappa shape index (κ1) is 25.4. The maximum absolute atomic E-state index is 13.1. The topological polar surface area (TPSA) is 65.5 Å². The Labute approximate surface area is 201 Å². The van der Waals surface area contributed by atoms with Gasteiger partial charge in [-0.2, -0.15) is 0 Å². The molecule has 0 saturated carbocycles. The third-order valence-corrected chi connectivity index (χ3v) is 8.37. The van der Waals surface area contributed by atoms with E-state index in [4.69, 9.17) is 9.47 Å². The molecule has 0 fully saturated rings. The summed E-state index contributed by atoms with van der Waals surface area (Å²) in [6, 6.07) is 22.0. The van der Waals surface area contributed by atoms with E-state index in [0.29, 0.717) is 18.5 Å². The first-order valence-electron chi connectivity index (χ1n) is 11.3. The number of thioether (sulfide) groups is 1. The van der Waals surface area contributed by atoms with Gasteiger partial charge in [-0.3, -0.25) is 0 Å². The molecule has 0 aliphatic heterocycles. The van der Waals surface area contributed by atoms with E-state index in [-0.39, 0.29) is 12.8 Å². The normalized spacial score (nSPS) is 13.5. The highest BCUT2D eigenvalue weighted by atomic mass is 32.2. The van der Waals surface area contributed by atoms with Crippen LogP contribution >= 0.6 is 19.6 Å². The molecular formula is C26H31NO4PS+. The summed E-state index contributed by atoms with van der Waals surface area (Å²) in [5, 5.41) is 1.89. The summed E-state index contributed by atoms with van der Waals surface area (Å²) in [6.07, 6.45) is 2.17. The van der Waals surface area contributed by atoms with Crippen LogP contribution in [0.3, 0.4) is 0 Å². The van der Waals surface area contributed by atoms with Gasteiger partial charge in [0.05, 0.1) is 12.1 Å². The molecule has 5 nitrogen and oxygen atoms in total. The molecule has 7 heteroatoms. The highest BCUT2D eigenvalue weighted by Crippen LogP contribution is 2.38. The van der Waals surface area contributed by atoms with Gasteiger partial charge in [-0.05, 0) is 50.8 Å². The van der Waals surface area contributed by atoms with Crippen LogP contribution in [0, 0.1) is 0 Å². The first-order valence-corrected chi connectivity index (χ1v) is 13.9. The third kappa shape index (κ3) is 7.36. The number of para-hydroxylation sites is 1. The maximum atomic E-state index is 13.1. The Morgan fingerprint density at radius 2 is 1.76 bits per heavy atom. The van der Waals surface area contributed by atoms with Crippen molar-refractivity contribution in [1.82, 2.24) is 4.98 Å². The smallest absolute Gasteiger partial charge is 0.353 e. The average molecular weight is 485 g/mol. The van der Waals surface area contributed by atoms with Gasteiger partial charge in [0.1, 0.15) is 5.03 Å². The molecule has 3 rings (SSSR count). The Bertz CT molecular complexity index is 1060. The molecule has 2 atom stereocenters. The van der Waals surface area contributed by atoms with Crippen LogP contribution < -0.4 is 0 Å². The number of hydrogen-bond donors (Lipinski definition) is 0. The minimum Gasteiger partial charge on any atom is -0.464 e. The zero-order chi connectivity index (χ0) is 23.5. The molecule has 0 aliphatic rings. The monoisotopic (exact) mass is 484 g/mol. The molecule has 1 aromatic heterocycles. The second kappa shape index (κ2) is 12.8. The van der Waals surface area contributed by atoms with E-state index in [1.54, 1.807) is 6.92 Å². The minimum absolute atomic E-state index is 0.143. The van der Waals surface area contributed by atoms with E-state index in [2.05, 4.69) is 17.1 Å². The average Bonchev–Trinajstić information content (AvgIpc) is 2.83. The number of carbonyl (C=O) groups is 1. The molecule has 0 aliphatic carbocycles. The number of ether oxygens (including phenoxy) is 2. The van der Waals surface area contributed by atoms with Crippen molar-refractivity contribution in [3.63, 3.8) is 0 Å². The number of nitrogens with zero attached hydrogens (tertiary/aromatic N) is 1. The van der Waals surface area contributed by atoms with E-state index >= 15 is 0 Å². The number of fused-ring (bicyclic) bond motifs is 1. The molecule has 2 aromatic carbocycles. The summed E-state index contributed by atoms with van der Waals surface area (Å²) in [4.78, 5) is 17.6. The zero-order valence-corrected chi connectivity index (χ0v) is 20.9. The van der Waals surface area contributed by atoms with E-state index in [1.807, 2.05) is 61.5 Å². The lowest BCUT2D eigenvalue weighted by atomic mass is 9.96. The molecule has 0 bridgehead atoms. The summed E-state index contributed by atoms with van der Waals surface area (Å²) >= 11 is 1.45. The van der Waals surface area contributed by atoms with Crippen LogP contribution in [-0.4, -0.2) is 41.4 Å². The summed E-state index contributed by atoms with van der Waals surface area (Å²) in [5.74, 6) is -0.419. The summed E-state index contributed by atoms with van der Waals surface area (Å²) in [5.41, 5.74) is 1.29. The fourth-order valence-corrected chi connectivity index (χ4v) is 6.53. The molecule has 0 N–H and O–H groups in total. The van der Waals surface area contributed by atoms with E-state index < -0.39 is 19.4 Å². The van der Waals surface area contributed by atoms with Crippen LogP contribution in [-0.2, 0) is 25.3 Å². The Kier molecular flexibility index (Phi) is 9.86. The van der Waals surface area contributed by atoms with Crippen LogP contribution in [0.2, 0.25) is 0 Å². The van der Waals surface area contributed by atoms with Gasteiger partial charge < -0.3 is 9.47 Å². The van der Waals surface area contributed by atoms with Gasteiger partial charge in [-0.15, -0.1) is 0 Å². The predicted molar refractivity (Wildman–Crippen MR) is 135 cm³/mol. The molecule has 0 spiro atoms. The molecule has 0 radical (unpaired) electrons. The second-order valence-electron chi connectivity index (χ2n) is 7.74. The molecule has 174 valence electrons. The predicted octanol–water partition coefficient (Wildman–Crippen LogP) is 6.47. The Morgan fingerprint density at radius 3 is 2.52 bits per heavy atom. The first-order chi connectivity index (χ1) is 16.1. The quantitative estimate of drug-likeness (QED) is 0.157. The number of pyridine rings is 1. The van der Waals surface area contributed by atoms with Crippen molar-refractivity contribution >= 4 is 36.4 Å². The number of esters is 1. The minimum atomic E-state index is -1.71. The van der Waals surface area contributed by atoms with Gasteiger partial charge in [0.2, 0.25) is 5.60 Å². The van der Waals surface area contributed by atoms with Crippen molar-refractivity contribution in [2.45, 2.75) is 43.7 Å². The maximum Gasteiger partial charge on any atom is 0.353 e. The SMILES string of the molecule is CCOC(=O)C(CCCc1ccccc1)(C[P+](=O)CSc1ccc2ccccc2n1)OCC. The van der Waals surface area contributed by atoms with Gasteiger partial charge in [0.25, 0.3) is 0 Å². The number of benzene rings is 2. The van der Waals surface area contributed by atoms with Crippen LogP contribution in [0.15, 0.2) is 71.8 Å². The van der Waals surface area contributed by atoms with Gasteiger partial charge in [0.15, 0.2) is 11.7 Å². The molecule has 0 amide bonds. The van der Waals surface area contributed by atoms with Crippen LogP contribution in [0.25, 0.3) is 10.9 Å². The van der Waals surface area contributed by atoms with Crippen molar-refractivity contribution < 1.29 is 18.8 Å². The number of aryl methyl sites for hydroxylation is 1. The molecule has 33 heavy (non-hydrogen) atoms. The van der Waals surface area contributed by atoms with Gasteiger partial charge in [-0.25, -0.2) is 9.78 Å². The molecule has 0 saturated heterocycles. The highest BCUT2D eigenvalue weighted by Gasteiger charge is 2.47. The largest absolute Gasteiger partial charge is 0.464 e. The van der Waals surface area contributed by atoms with Crippen molar-refractivity contribution in [2.24, 2.45) is 0 Å².